The van der Waals surface area contributed by atoms with Gasteiger partial charge in [0.05, 0.1) is 62.2 Å². The van der Waals surface area contributed by atoms with Crippen molar-refractivity contribution in [2.24, 2.45) is 0 Å². The molecule has 0 atom stereocenters. The quantitative estimate of drug-likeness (QED) is 0.356. The number of thiazole rings is 1. The van der Waals surface area contributed by atoms with Crippen LogP contribution in [0.15, 0.2) is 42.5 Å². The molecule has 0 aliphatic rings. The number of carbonyl (C=O) groups excluding carboxylic acids is 1. The molecule has 2 N–H and O–H groups in total. The molecule has 0 fully saturated rings. The summed E-state index contributed by atoms with van der Waals surface area (Å²) in [5.74, 6) is 0.401. The Morgan fingerprint density at radius 1 is 0.969 bits per heavy atom. The SMILES string of the molecule is CC(=O)Nc1cc(-c2nc3ccccc3s2)ccc1OCCOCCOCCOCCO. The van der Waals surface area contributed by atoms with Gasteiger partial charge in [-0.05, 0) is 30.3 Å². The topological polar surface area (TPSA) is 99.1 Å². The van der Waals surface area contributed by atoms with E-state index in [4.69, 9.17) is 24.1 Å². The van der Waals surface area contributed by atoms with Crippen LogP contribution in [0.5, 0.6) is 5.75 Å². The average Bonchev–Trinajstić information content (AvgIpc) is 3.22. The third-order valence-electron chi connectivity index (χ3n) is 4.30. The van der Waals surface area contributed by atoms with Gasteiger partial charge in [-0.3, -0.25) is 4.79 Å². The van der Waals surface area contributed by atoms with Crippen LogP contribution in [-0.4, -0.2) is 68.9 Å². The first kappa shape index (κ1) is 24.1. The second-order valence-electron chi connectivity index (χ2n) is 6.79. The summed E-state index contributed by atoms with van der Waals surface area (Å²) in [6, 6.07) is 13.6. The van der Waals surface area contributed by atoms with E-state index < -0.39 is 0 Å². The standard InChI is InChI=1S/C23H28N2O6S/c1-17(27)24-20-16-18(23-25-19-4-2-3-5-22(19)32-23)6-7-21(20)31-15-14-30-13-12-29-11-10-28-9-8-26/h2-7,16,26H,8-15H2,1H3,(H,24,27). The second-order valence-corrected chi connectivity index (χ2v) is 7.82. The first-order valence-electron chi connectivity index (χ1n) is 10.4. The summed E-state index contributed by atoms with van der Waals surface area (Å²) in [4.78, 5) is 16.4. The number of aliphatic hydroxyl groups is 1. The van der Waals surface area contributed by atoms with Crippen molar-refractivity contribution in [3.8, 4) is 16.3 Å². The molecule has 2 aromatic carbocycles. The molecule has 0 bridgehead atoms. The Labute approximate surface area is 191 Å². The van der Waals surface area contributed by atoms with Crippen molar-refractivity contribution in [2.45, 2.75) is 6.92 Å². The number of nitrogens with one attached hydrogen (secondary N) is 1. The van der Waals surface area contributed by atoms with Gasteiger partial charge in [0, 0.05) is 12.5 Å². The lowest BCUT2D eigenvalue weighted by Crippen LogP contribution is -2.14. The van der Waals surface area contributed by atoms with Crippen molar-refractivity contribution in [3.63, 3.8) is 0 Å². The van der Waals surface area contributed by atoms with Crippen molar-refractivity contribution >= 4 is 33.1 Å². The fraction of sp³-hybridized carbons (Fsp3) is 0.391. The van der Waals surface area contributed by atoms with E-state index in [0.717, 1.165) is 20.8 Å². The van der Waals surface area contributed by atoms with Crippen molar-refractivity contribution in [1.82, 2.24) is 4.98 Å². The molecule has 0 aliphatic carbocycles. The molecule has 3 rings (SSSR count). The molecule has 9 heteroatoms. The highest BCUT2D eigenvalue weighted by Crippen LogP contribution is 2.35. The van der Waals surface area contributed by atoms with Gasteiger partial charge in [0.2, 0.25) is 5.91 Å². The minimum absolute atomic E-state index is 0.0114. The molecule has 0 spiro atoms. The van der Waals surface area contributed by atoms with Crippen molar-refractivity contribution in [3.05, 3.63) is 42.5 Å². The van der Waals surface area contributed by atoms with Gasteiger partial charge in [0.15, 0.2) is 0 Å². The smallest absolute Gasteiger partial charge is 0.221 e. The van der Waals surface area contributed by atoms with E-state index in [-0.39, 0.29) is 12.5 Å². The predicted octanol–water partition coefficient (Wildman–Crippen LogP) is 3.34. The number of para-hydroxylation sites is 1. The summed E-state index contributed by atoms with van der Waals surface area (Å²) in [6.45, 7) is 4.33. The highest BCUT2D eigenvalue weighted by Gasteiger charge is 2.11. The maximum atomic E-state index is 11.7. The normalized spacial score (nSPS) is 11.1. The van der Waals surface area contributed by atoms with E-state index in [1.54, 1.807) is 11.3 Å². The number of ether oxygens (including phenoxy) is 4. The Bertz CT molecular complexity index is 961. The van der Waals surface area contributed by atoms with E-state index in [0.29, 0.717) is 57.7 Å². The van der Waals surface area contributed by atoms with Crippen molar-refractivity contribution in [2.75, 3.05) is 58.2 Å². The van der Waals surface area contributed by atoms with E-state index in [9.17, 15) is 4.79 Å². The molecule has 1 heterocycles. The van der Waals surface area contributed by atoms with Crippen LogP contribution in [-0.2, 0) is 19.0 Å². The monoisotopic (exact) mass is 460 g/mol. The molecule has 1 aromatic heterocycles. The highest BCUT2D eigenvalue weighted by atomic mass is 32.1. The van der Waals surface area contributed by atoms with Gasteiger partial charge >= 0.3 is 0 Å². The summed E-state index contributed by atoms with van der Waals surface area (Å²) < 4.78 is 22.9. The molecule has 0 unspecified atom stereocenters. The lowest BCUT2D eigenvalue weighted by atomic mass is 10.2. The molecule has 32 heavy (non-hydrogen) atoms. The summed E-state index contributed by atoms with van der Waals surface area (Å²) in [6.07, 6.45) is 0. The molecule has 1 amide bonds. The minimum Gasteiger partial charge on any atom is -0.489 e. The van der Waals surface area contributed by atoms with Crippen LogP contribution in [0.1, 0.15) is 6.92 Å². The molecule has 3 aromatic rings. The van der Waals surface area contributed by atoms with Crippen LogP contribution in [0.25, 0.3) is 20.8 Å². The first-order valence-corrected chi connectivity index (χ1v) is 11.2. The maximum absolute atomic E-state index is 11.7. The molecule has 172 valence electrons. The number of amides is 1. The molecule has 8 nitrogen and oxygen atoms in total. The number of carbonyl (C=O) groups is 1. The molecule has 0 saturated heterocycles. The Morgan fingerprint density at radius 2 is 1.66 bits per heavy atom. The third kappa shape index (κ3) is 7.54. The zero-order valence-corrected chi connectivity index (χ0v) is 18.9. The van der Waals surface area contributed by atoms with Crippen LogP contribution >= 0.6 is 11.3 Å². The zero-order valence-electron chi connectivity index (χ0n) is 18.0. The minimum atomic E-state index is -0.173. The Kier molecular flexibility index (Phi) is 9.86. The van der Waals surface area contributed by atoms with Gasteiger partial charge in [0.1, 0.15) is 17.4 Å². The molecule has 0 radical (unpaired) electrons. The van der Waals surface area contributed by atoms with Gasteiger partial charge in [-0.1, -0.05) is 12.1 Å². The van der Waals surface area contributed by atoms with Crippen molar-refractivity contribution in [1.29, 1.82) is 0 Å². The van der Waals surface area contributed by atoms with Crippen LogP contribution < -0.4 is 10.1 Å². The van der Waals surface area contributed by atoms with Gasteiger partial charge in [-0.2, -0.15) is 0 Å². The Morgan fingerprint density at radius 3 is 2.34 bits per heavy atom. The first-order chi connectivity index (χ1) is 15.7. The third-order valence-corrected chi connectivity index (χ3v) is 5.38. The molecular weight excluding hydrogens is 432 g/mol. The van der Waals surface area contributed by atoms with Gasteiger partial charge in [-0.25, -0.2) is 4.98 Å². The molecule has 0 aliphatic heterocycles. The lowest BCUT2D eigenvalue weighted by Gasteiger charge is -2.13. The molecule has 0 saturated carbocycles. The highest BCUT2D eigenvalue weighted by molar-refractivity contribution is 7.21. The van der Waals surface area contributed by atoms with Crippen LogP contribution in [0.2, 0.25) is 0 Å². The average molecular weight is 461 g/mol. The fourth-order valence-corrected chi connectivity index (χ4v) is 3.85. The number of aliphatic hydroxyl groups excluding tert-OH is 1. The fourth-order valence-electron chi connectivity index (χ4n) is 2.89. The van der Waals surface area contributed by atoms with Gasteiger partial charge < -0.3 is 29.4 Å². The summed E-state index contributed by atoms with van der Waals surface area (Å²) in [5, 5.41) is 12.3. The summed E-state index contributed by atoms with van der Waals surface area (Å²) in [7, 11) is 0. The van der Waals surface area contributed by atoms with Crippen LogP contribution in [0.4, 0.5) is 5.69 Å². The number of benzene rings is 2. The van der Waals surface area contributed by atoms with E-state index >= 15 is 0 Å². The summed E-state index contributed by atoms with van der Waals surface area (Å²) in [5.41, 5.74) is 2.46. The number of hydrogen-bond donors (Lipinski definition) is 2. The number of nitrogens with zero attached hydrogens (tertiary/aromatic N) is 1. The number of fused-ring (bicyclic) bond motifs is 1. The van der Waals surface area contributed by atoms with Crippen molar-refractivity contribution < 1.29 is 28.8 Å². The Balaban J connectivity index is 1.49. The molecular formula is C23H28N2O6S. The van der Waals surface area contributed by atoms with E-state index in [1.807, 2.05) is 42.5 Å². The Hall–Kier alpha value is -2.56. The van der Waals surface area contributed by atoms with Crippen LogP contribution in [0.3, 0.4) is 0 Å². The number of hydrogen-bond acceptors (Lipinski definition) is 8. The lowest BCUT2D eigenvalue weighted by molar-refractivity contribution is -0.114. The zero-order chi connectivity index (χ0) is 22.6. The van der Waals surface area contributed by atoms with E-state index in [2.05, 4.69) is 10.3 Å². The summed E-state index contributed by atoms with van der Waals surface area (Å²) >= 11 is 1.60. The van der Waals surface area contributed by atoms with Gasteiger partial charge in [0.25, 0.3) is 0 Å². The number of anilines is 1. The largest absolute Gasteiger partial charge is 0.489 e. The second kappa shape index (κ2) is 13.1. The number of rotatable bonds is 14. The van der Waals surface area contributed by atoms with E-state index in [1.165, 1.54) is 6.92 Å². The van der Waals surface area contributed by atoms with Gasteiger partial charge in [-0.15, -0.1) is 11.3 Å². The number of aromatic nitrogens is 1. The van der Waals surface area contributed by atoms with Crippen LogP contribution in [0, 0.1) is 0 Å². The predicted molar refractivity (Wildman–Crippen MR) is 124 cm³/mol. The maximum Gasteiger partial charge on any atom is 0.221 e.